The zero-order chi connectivity index (χ0) is 13.1. The number of rotatable bonds is 4. The molecule has 0 saturated heterocycles. The van der Waals surface area contributed by atoms with Gasteiger partial charge >= 0.3 is 5.97 Å². The fraction of sp³-hybridized carbons (Fsp3) is 0.812. The van der Waals surface area contributed by atoms with Crippen molar-refractivity contribution in [2.75, 3.05) is 7.11 Å². The number of allylic oxidation sites excluding steroid dienone is 2. The van der Waals surface area contributed by atoms with Gasteiger partial charge in [0.25, 0.3) is 0 Å². The van der Waals surface area contributed by atoms with Crippen LogP contribution in [0.5, 0.6) is 0 Å². The van der Waals surface area contributed by atoms with E-state index in [1.54, 1.807) is 5.57 Å². The number of unbranched alkanes of at least 4 members (excludes halogenated alkanes) is 1. The Labute approximate surface area is 112 Å². The maximum absolute atomic E-state index is 11.0. The smallest absolute Gasteiger partial charge is 0.305 e. The van der Waals surface area contributed by atoms with Crippen LogP contribution in [-0.2, 0) is 9.53 Å². The van der Waals surface area contributed by atoms with Crippen LogP contribution in [0.4, 0.5) is 0 Å². The molecule has 0 radical (unpaired) electrons. The molecule has 0 N–H and O–H groups in total. The summed E-state index contributed by atoms with van der Waals surface area (Å²) >= 11 is 0. The first-order valence-corrected chi connectivity index (χ1v) is 7.57. The van der Waals surface area contributed by atoms with E-state index in [2.05, 4.69) is 10.8 Å². The van der Waals surface area contributed by atoms with Gasteiger partial charge in [-0.1, -0.05) is 43.8 Å². The van der Waals surface area contributed by atoms with E-state index in [1.165, 1.54) is 64.9 Å². The van der Waals surface area contributed by atoms with E-state index in [9.17, 15) is 4.79 Å². The van der Waals surface area contributed by atoms with E-state index < -0.39 is 0 Å². The van der Waals surface area contributed by atoms with Gasteiger partial charge < -0.3 is 4.74 Å². The summed E-state index contributed by atoms with van der Waals surface area (Å²) in [5, 5.41) is 0. The number of carbonyl (C=O) groups excluding carboxylic acids is 1. The van der Waals surface area contributed by atoms with Crippen molar-refractivity contribution < 1.29 is 9.53 Å². The van der Waals surface area contributed by atoms with Gasteiger partial charge in [0.05, 0.1) is 7.11 Å². The van der Waals surface area contributed by atoms with Crippen molar-refractivity contribution in [3.8, 4) is 0 Å². The Morgan fingerprint density at radius 1 is 1.06 bits per heavy atom. The molecular weight excluding hydrogens is 224 g/mol. The molecule has 1 aliphatic rings. The molecule has 0 aliphatic heterocycles. The SMILES string of the molecule is COC(=O)CCCC=C1CCCCCCCCC1. The Hall–Kier alpha value is -0.790. The predicted molar refractivity (Wildman–Crippen MR) is 75.5 cm³/mol. The minimum absolute atomic E-state index is 0.0839. The highest BCUT2D eigenvalue weighted by atomic mass is 16.5. The number of methoxy groups -OCH3 is 1. The monoisotopic (exact) mass is 252 g/mol. The third-order valence-corrected chi connectivity index (χ3v) is 3.74. The summed E-state index contributed by atoms with van der Waals surface area (Å²) in [5.74, 6) is -0.0839. The van der Waals surface area contributed by atoms with Crippen LogP contribution in [0.1, 0.15) is 77.0 Å². The van der Waals surface area contributed by atoms with Crippen molar-refractivity contribution in [3.05, 3.63) is 11.6 Å². The summed E-state index contributed by atoms with van der Waals surface area (Å²) in [6, 6.07) is 0. The molecule has 2 heteroatoms. The van der Waals surface area contributed by atoms with Crippen molar-refractivity contribution in [1.82, 2.24) is 0 Å². The normalized spacial score (nSPS) is 18.2. The quantitative estimate of drug-likeness (QED) is 0.409. The van der Waals surface area contributed by atoms with Crippen LogP contribution >= 0.6 is 0 Å². The van der Waals surface area contributed by atoms with Crippen LogP contribution in [0, 0.1) is 0 Å². The number of carbonyl (C=O) groups is 1. The molecular formula is C16H28O2. The summed E-state index contributed by atoms with van der Waals surface area (Å²) in [5.41, 5.74) is 1.63. The zero-order valence-corrected chi connectivity index (χ0v) is 11.9. The second kappa shape index (κ2) is 10.2. The van der Waals surface area contributed by atoms with Gasteiger partial charge in [0.2, 0.25) is 0 Å². The van der Waals surface area contributed by atoms with Crippen molar-refractivity contribution in [2.45, 2.75) is 77.0 Å². The van der Waals surface area contributed by atoms with Gasteiger partial charge in [0.15, 0.2) is 0 Å². The first-order valence-electron chi connectivity index (χ1n) is 7.57. The van der Waals surface area contributed by atoms with Gasteiger partial charge in [-0.25, -0.2) is 0 Å². The summed E-state index contributed by atoms with van der Waals surface area (Å²) in [6.45, 7) is 0. The minimum Gasteiger partial charge on any atom is -0.469 e. The predicted octanol–water partition coefficient (Wildman–Crippen LogP) is 4.78. The molecule has 0 unspecified atom stereocenters. The Bertz CT molecular complexity index is 244. The van der Waals surface area contributed by atoms with Gasteiger partial charge in [-0.2, -0.15) is 0 Å². The second-order valence-electron chi connectivity index (χ2n) is 5.31. The maximum atomic E-state index is 11.0. The average Bonchev–Trinajstić information content (AvgIpc) is 2.41. The molecule has 0 aromatic heterocycles. The van der Waals surface area contributed by atoms with Crippen LogP contribution in [0.25, 0.3) is 0 Å². The van der Waals surface area contributed by atoms with Crippen molar-refractivity contribution >= 4 is 5.97 Å². The third kappa shape index (κ3) is 7.52. The molecule has 0 bridgehead atoms. The lowest BCUT2D eigenvalue weighted by Gasteiger charge is -2.11. The molecule has 1 saturated carbocycles. The molecule has 1 aliphatic carbocycles. The summed E-state index contributed by atoms with van der Waals surface area (Å²) in [7, 11) is 1.46. The number of hydrogen-bond acceptors (Lipinski definition) is 2. The molecule has 1 fully saturated rings. The molecule has 2 nitrogen and oxygen atoms in total. The highest BCUT2D eigenvalue weighted by Gasteiger charge is 2.03. The van der Waals surface area contributed by atoms with Gasteiger partial charge in [-0.15, -0.1) is 0 Å². The molecule has 18 heavy (non-hydrogen) atoms. The van der Waals surface area contributed by atoms with Crippen LogP contribution in [0.15, 0.2) is 11.6 Å². The van der Waals surface area contributed by atoms with Gasteiger partial charge in [-0.3, -0.25) is 4.79 Å². The number of hydrogen-bond donors (Lipinski definition) is 0. The van der Waals surface area contributed by atoms with E-state index in [4.69, 9.17) is 0 Å². The van der Waals surface area contributed by atoms with E-state index >= 15 is 0 Å². The lowest BCUT2D eigenvalue weighted by atomic mass is 9.96. The van der Waals surface area contributed by atoms with Crippen LogP contribution < -0.4 is 0 Å². The van der Waals surface area contributed by atoms with Crippen LogP contribution in [-0.4, -0.2) is 13.1 Å². The summed E-state index contributed by atoms with van der Waals surface area (Å²) in [4.78, 5) is 11.0. The molecule has 0 aromatic carbocycles. The molecule has 0 atom stereocenters. The summed E-state index contributed by atoms with van der Waals surface area (Å²) < 4.78 is 4.65. The first-order chi connectivity index (χ1) is 8.83. The fourth-order valence-corrected chi connectivity index (χ4v) is 2.57. The third-order valence-electron chi connectivity index (χ3n) is 3.74. The van der Waals surface area contributed by atoms with Gasteiger partial charge in [0.1, 0.15) is 0 Å². The molecule has 104 valence electrons. The van der Waals surface area contributed by atoms with E-state index in [0.29, 0.717) is 6.42 Å². The highest BCUT2D eigenvalue weighted by Crippen LogP contribution is 2.21. The van der Waals surface area contributed by atoms with Crippen LogP contribution in [0.2, 0.25) is 0 Å². The first kappa shape index (κ1) is 15.3. The van der Waals surface area contributed by atoms with E-state index in [0.717, 1.165) is 12.8 Å². The Kier molecular flexibility index (Phi) is 8.62. The summed E-state index contributed by atoms with van der Waals surface area (Å²) in [6.07, 6.45) is 17.2. The Morgan fingerprint density at radius 2 is 1.61 bits per heavy atom. The molecule has 0 amide bonds. The van der Waals surface area contributed by atoms with Gasteiger partial charge in [0, 0.05) is 6.42 Å². The van der Waals surface area contributed by atoms with Crippen molar-refractivity contribution in [2.24, 2.45) is 0 Å². The number of esters is 1. The van der Waals surface area contributed by atoms with Crippen LogP contribution in [0.3, 0.4) is 0 Å². The fourth-order valence-electron chi connectivity index (χ4n) is 2.57. The zero-order valence-electron chi connectivity index (χ0n) is 11.9. The standard InChI is InChI=1S/C16H28O2/c1-18-16(17)14-10-9-13-15-11-7-5-3-2-4-6-8-12-15/h13H,2-12,14H2,1H3. The highest BCUT2D eigenvalue weighted by molar-refractivity contribution is 5.69. The number of ether oxygens (including phenoxy) is 1. The molecule has 0 aromatic rings. The minimum atomic E-state index is -0.0839. The van der Waals surface area contributed by atoms with Gasteiger partial charge in [-0.05, 0) is 38.5 Å². The molecule has 0 heterocycles. The lowest BCUT2D eigenvalue weighted by molar-refractivity contribution is -0.140. The Morgan fingerprint density at radius 3 is 2.17 bits per heavy atom. The topological polar surface area (TPSA) is 26.3 Å². The molecule has 1 rings (SSSR count). The maximum Gasteiger partial charge on any atom is 0.305 e. The Balaban J connectivity index is 2.24. The van der Waals surface area contributed by atoms with Crippen molar-refractivity contribution in [1.29, 1.82) is 0 Å². The largest absolute Gasteiger partial charge is 0.469 e. The lowest BCUT2D eigenvalue weighted by Crippen LogP contribution is -1.99. The second-order valence-corrected chi connectivity index (χ2v) is 5.31. The van der Waals surface area contributed by atoms with Crippen molar-refractivity contribution in [3.63, 3.8) is 0 Å². The molecule has 0 spiro atoms. The van der Waals surface area contributed by atoms with E-state index in [-0.39, 0.29) is 5.97 Å². The van der Waals surface area contributed by atoms with E-state index in [1.807, 2.05) is 0 Å². The average molecular weight is 252 g/mol.